The number of fused-ring (bicyclic) bond motifs is 1. The second-order valence-corrected chi connectivity index (χ2v) is 9.64. The van der Waals surface area contributed by atoms with Gasteiger partial charge in [-0.2, -0.15) is 13.2 Å². The number of urea groups is 1. The van der Waals surface area contributed by atoms with E-state index in [1.54, 1.807) is 34.2 Å². The number of pyridine rings is 2. The molecule has 0 radical (unpaired) electrons. The van der Waals surface area contributed by atoms with Crippen LogP contribution in [0.5, 0.6) is 0 Å². The van der Waals surface area contributed by atoms with E-state index in [9.17, 15) is 18.0 Å². The number of benzene rings is 1. The fourth-order valence-electron chi connectivity index (χ4n) is 4.94. The molecule has 2 aromatic heterocycles. The molecule has 4 heterocycles. The van der Waals surface area contributed by atoms with E-state index in [1.165, 1.54) is 0 Å². The highest BCUT2D eigenvalue weighted by Crippen LogP contribution is 2.38. The van der Waals surface area contributed by atoms with Crippen molar-refractivity contribution in [1.29, 1.82) is 0 Å². The Morgan fingerprint density at radius 3 is 2.62 bits per heavy atom. The molecule has 10 heteroatoms. The zero-order valence-corrected chi connectivity index (χ0v) is 20.7. The number of anilines is 4. The lowest BCUT2D eigenvalue weighted by Gasteiger charge is -2.28. The predicted octanol–water partition coefficient (Wildman–Crippen LogP) is 5.80. The summed E-state index contributed by atoms with van der Waals surface area (Å²) in [6.45, 7) is 3.05. The molecule has 1 saturated heterocycles. The molecule has 194 valence electrons. The van der Waals surface area contributed by atoms with Gasteiger partial charge in [-0.1, -0.05) is 18.2 Å². The molecule has 2 aliphatic rings. The summed E-state index contributed by atoms with van der Waals surface area (Å²) in [5, 5.41) is 2.87. The number of alkyl halides is 3. The molecule has 1 fully saturated rings. The molecule has 7 nitrogen and oxygen atoms in total. The minimum atomic E-state index is -4.19. The van der Waals surface area contributed by atoms with E-state index in [-0.39, 0.29) is 25.0 Å². The van der Waals surface area contributed by atoms with Crippen molar-refractivity contribution in [2.24, 2.45) is 5.92 Å². The molecule has 0 aliphatic carbocycles. The Balaban J connectivity index is 1.47. The number of hydrogen-bond donors (Lipinski definition) is 1. The Morgan fingerprint density at radius 1 is 1.05 bits per heavy atom. The van der Waals surface area contributed by atoms with Crippen LogP contribution >= 0.6 is 0 Å². The maximum Gasteiger partial charge on any atom is 0.393 e. The second kappa shape index (κ2) is 9.91. The van der Waals surface area contributed by atoms with Crippen LogP contribution < -0.4 is 20.0 Å². The quantitative estimate of drug-likeness (QED) is 0.483. The zero-order valence-electron chi connectivity index (χ0n) is 20.7. The number of nitrogens with one attached hydrogen (secondary N) is 1. The minimum Gasteiger partial charge on any atom is -0.372 e. The van der Waals surface area contributed by atoms with Gasteiger partial charge in [0.1, 0.15) is 5.82 Å². The highest BCUT2D eigenvalue weighted by atomic mass is 19.4. The topological polar surface area (TPSA) is 64.6 Å². The van der Waals surface area contributed by atoms with Crippen LogP contribution in [0.15, 0.2) is 60.8 Å². The third kappa shape index (κ3) is 5.19. The van der Waals surface area contributed by atoms with Crippen molar-refractivity contribution in [3.8, 4) is 11.3 Å². The lowest BCUT2D eigenvalue weighted by Crippen LogP contribution is -2.42. The van der Waals surface area contributed by atoms with Gasteiger partial charge in [-0.25, -0.2) is 14.8 Å². The molecular formula is C27H29F3N6O. The second-order valence-electron chi connectivity index (χ2n) is 9.64. The molecule has 5 rings (SSSR count). The summed E-state index contributed by atoms with van der Waals surface area (Å²) in [5.41, 5.74) is 2.98. The van der Waals surface area contributed by atoms with Gasteiger partial charge < -0.3 is 9.80 Å². The Morgan fingerprint density at radius 2 is 1.89 bits per heavy atom. The highest BCUT2D eigenvalue weighted by molar-refractivity contribution is 6.03. The van der Waals surface area contributed by atoms with Gasteiger partial charge in [-0.05, 0) is 56.2 Å². The summed E-state index contributed by atoms with van der Waals surface area (Å²) in [6.07, 6.45) is -1.73. The van der Waals surface area contributed by atoms with Gasteiger partial charge in [-0.15, -0.1) is 0 Å². The van der Waals surface area contributed by atoms with E-state index in [4.69, 9.17) is 4.98 Å². The molecule has 2 aliphatic heterocycles. The highest BCUT2D eigenvalue weighted by Gasteiger charge is 2.43. The molecular weight excluding hydrogens is 481 g/mol. The largest absolute Gasteiger partial charge is 0.393 e. The number of carbonyl (C=O) groups is 1. The van der Waals surface area contributed by atoms with Crippen molar-refractivity contribution in [1.82, 2.24) is 9.97 Å². The van der Waals surface area contributed by atoms with Crippen molar-refractivity contribution in [2.45, 2.75) is 32.0 Å². The van der Waals surface area contributed by atoms with E-state index in [2.05, 4.69) is 15.2 Å². The smallest absolute Gasteiger partial charge is 0.372 e. The van der Waals surface area contributed by atoms with Gasteiger partial charge in [0.05, 0.1) is 17.3 Å². The maximum atomic E-state index is 13.4. The summed E-state index contributed by atoms with van der Waals surface area (Å²) >= 11 is 0. The van der Waals surface area contributed by atoms with E-state index < -0.39 is 12.1 Å². The van der Waals surface area contributed by atoms with Gasteiger partial charge in [0.25, 0.3) is 0 Å². The zero-order chi connectivity index (χ0) is 26.2. The fourth-order valence-corrected chi connectivity index (χ4v) is 4.94. The summed E-state index contributed by atoms with van der Waals surface area (Å²) in [6, 6.07) is 16.1. The van der Waals surface area contributed by atoms with Crippen LogP contribution in [0, 0.1) is 5.92 Å². The summed E-state index contributed by atoms with van der Waals surface area (Å²) < 4.78 is 39.6. The predicted molar refractivity (Wildman–Crippen MR) is 139 cm³/mol. The summed E-state index contributed by atoms with van der Waals surface area (Å²) in [5.74, 6) is -0.336. The SMILES string of the molecule is C[C@@H]1CCN(C)c2ccc(-c3cccc(N4CCC(C(F)(F)F)C4)c3)nc2N1C(=O)Nc1ccccn1. The first-order valence-corrected chi connectivity index (χ1v) is 12.4. The summed E-state index contributed by atoms with van der Waals surface area (Å²) in [4.78, 5) is 28.0. The third-order valence-corrected chi connectivity index (χ3v) is 7.09. The van der Waals surface area contributed by atoms with Crippen molar-refractivity contribution in [3.63, 3.8) is 0 Å². The van der Waals surface area contributed by atoms with Crippen molar-refractivity contribution < 1.29 is 18.0 Å². The van der Waals surface area contributed by atoms with Crippen LogP contribution in [0.4, 0.5) is 41.0 Å². The van der Waals surface area contributed by atoms with Gasteiger partial charge in [0, 0.05) is 50.2 Å². The van der Waals surface area contributed by atoms with E-state index in [1.807, 2.05) is 50.4 Å². The number of aromatic nitrogens is 2. The lowest BCUT2D eigenvalue weighted by molar-refractivity contribution is -0.168. The van der Waals surface area contributed by atoms with Crippen molar-refractivity contribution >= 4 is 29.0 Å². The van der Waals surface area contributed by atoms with Crippen LogP contribution in [0.25, 0.3) is 11.3 Å². The average Bonchev–Trinajstić information content (AvgIpc) is 3.35. The first kappa shape index (κ1) is 24.9. The summed E-state index contributed by atoms with van der Waals surface area (Å²) in [7, 11) is 1.97. The van der Waals surface area contributed by atoms with Crippen molar-refractivity contribution in [2.75, 3.05) is 46.7 Å². The average molecular weight is 511 g/mol. The van der Waals surface area contributed by atoms with Gasteiger partial charge in [0.15, 0.2) is 5.82 Å². The van der Waals surface area contributed by atoms with Crippen LogP contribution in [-0.4, -0.2) is 54.9 Å². The van der Waals surface area contributed by atoms with E-state index in [0.29, 0.717) is 23.9 Å². The lowest BCUT2D eigenvalue weighted by atomic mass is 10.1. The third-order valence-electron chi connectivity index (χ3n) is 7.09. The molecule has 3 aromatic rings. The van der Waals surface area contributed by atoms with Crippen LogP contribution in [0.3, 0.4) is 0 Å². The Hall–Kier alpha value is -3.82. The standard InChI is InChI=1S/C27H29F3N6O/c1-18-11-14-34(2)23-10-9-22(32-25(23)36(18)26(37)33-24-8-3-4-13-31-24)19-6-5-7-21(16-19)35-15-12-20(17-35)27(28,29)30/h3-10,13,16,18,20H,11-12,14-15,17H2,1-2H3,(H,31,33,37)/t18-,20?/m1/s1. The Bertz CT molecular complexity index is 1270. The number of amides is 2. The molecule has 1 N–H and O–H groups in total. The number of hydrogen-bond acceptors (Lipinski definition) is 5. The molecule has 2 atom stereocenters. The number of halogens is 3. The molecule has 1 aromatic carbocycles. The molecule has 1 unspecified atom stereocenters. The monoisotopic (exact) mass is 510 g/mol. The first-order chi connectivity index (χ1) is 17.7. The van der Waals surface area contributed by atoms with Crippen LogP contribution in [0.1, 0.15) is 19.8 Å². The molecule has 2 amide bonds. The number of rotatable bonds is 3. The molecule has 0 spiro atoms. The normalized spacial score (nSPS) is 20.0. The Labute approximate surface area is 213 Å². The van der Waals surface area contributed by atoms with Gasteiger partial charge in [0.2, 0.25) is 0 Å². The first-order valence-electron chi connectivity index (χ1n) is 12.4. The maximum absolute atomic E-state index is 13.4. The molecule has 0 saturated carbocycles. The van der Waals surface area contributed by atoms with E-state index in [0.717, 1.165) is 29.9 Å². The molecule has 0 bridgehead atoms. The minimum absolute atomic E-state index is 0.0473. The van der Waals surface area contributed by atoms with Crippen LogP contribution in [0.2, 0.25) is 0 Å². The fraction of sp³-hybridized carbons (Fsp3) is 0.370. The van der Waals surface area contributed by atoms with Gasteiger partial charge in [-0.3, -0.25) is 10.2 Å². The van der Waals surface area contributed by atoms with Crippen LogP contribution in [-0.2, 0) is 0 Å². The number of nitrogens with zero attached hydrogens (tertiary/aromatic N) is 5. The number of carbonyl (C=O) groups excluding carboxylic acids is 1. The van der Waals surface area contributed by atoms with E-state index >= 15 is 0 Å². The van der Waals surface area contributed by atoms with Gasteiger partial charge >= 0.3 is 12.2 Å². The van der Waals surface area contributed by atoms with Crippen molar-refractivity contribution in [3.05, 3.63) is 60.8 Å². The Kier molecular flexibility index (Phi) is 6.66. The molecule has 37 heavy (non-hydrogen) atoms.